The van der Waals surface area contributed by atoms with Crippen LogP contribution in [0.25, 0.3) is 0 Å². The Morgan fingerprint density at radius 2 is 2.00 bits per heavy atom. The van der Waals surface area contributed by atoms with Crippen molar-refractivity contribution in [3.8, 4) is 0 Å². The van der Waals surface area contributed by atoms with Gasteiger partial charge in [-0.25, -0.2) is 0 Å². The summed E-state index contributed by atoms with van der Waals surface area (Å²) >= 11 is 0. The van der Waals surface area contributed by atoms with Gasteiger partial charge in [-0.3, -0.25) is 9.78 Å². The van der Waals surface area contributed by atoms with Crippen LogP contribution in [0.1, 0.15) is 24.8 Å². The molecule has 2 N–H and O–H groups in total. The minimum Gasteiger partial charge on any atom is -0.345 e. The maximum absolute atomic E-state index is 12.2. The summed E-state index contributed by atoms with van der Waals surface area (Å²) in [5.41, 5.74) is 7.07. The molecule has 1 aliphatic carbocycles. The van der Waals surface area contributed by atoms with Crippen LogP contribution < -0.4 is 5.73 Å². The third-order valence-corrected chi connectivity index (χ3v) is 3.68. The van der Waals surface area contributed by atoms with Crippen LogP contribution >= 0.6 is 24.8 Å². The monoisotopic (exact) mass is 319 g/mol. The Bertz CT molecular complexity index is 403. The van der Waals surface area contributed by atoms with Gasteiger partial charge in [-0.2, -0.15) is 0 Å². The Balaban J connectivity index is 0.00000180. The lowest BCUT2D eigenvalue weighted by molar-refractivity contribution is -0.134. The Morgan fingerprint density at radius 1 is 1.35 bits per heavy atom. The molecule has 1 heterocycles. The average molecular weight is 320 g/mol. The van der Waals surface area contributed by atoms with Gasteiger partial charge in [0.25, 0.3) is 0 Å². The van der Waals surface area contributed by atoms with Gasteiger partial charge in [-0.1, -0.05) is 0 Å². The molecule has 2 atom stereocenters. The van der Waals surface area contributed by atoms with Crippen LogP contribution in [0, 0.1) is 5.92 Å². The highest BCUT2D eigenvalue weighted by atomic mass is 35.5. The molecule has 4 nitrogen and oxygen atoms in total. The van der Waals surface area contributed by atoms with Crippen molar-refractivity contribution in [1.82, 2.24) is 9.88 Å². The first-order chi connectivity index (χ1) is 8.66. The van der Waals surface area contributed by atoms with Crippen LogP contribution in [0.4, 0.5) is 0 Å². The zero-order valence-corrected chi connectivity index (χ0v) is 13.3. The van der Waals surface area contributed by atoms with Gasteiger partial charge in [0.15, 0.2) is 0 Å². The highest BCUT2D eigenvalue weighted by molar-refractivity contribution is 5.85. The van der Waals surface area contributed by atoms with Crippen molar-refractivity contribution >= 4 is 30.7 Å². The molecule has 0 spiro atoms. The van der Waals surface area contributed by atoms with Crippen molar-refractivity contribution in [2.75, 3.05) is 13.6 Å². The lowest BCUT2D eigenvalue weighted by Crippen LogP contribution is -2.34. The third-order valence-electron chi connectivity index (χ3n) is 3.68. The smallest absolute Gasteiger partial charge is 0.225 e. The summed E-state index contributed by atoms with van der Waals surface area (Å²) < 4.78 is 0. The predicted octanol–water partition coefficient (Wildman–Crippen LogP) is 2.05. The molecule has 20 heavy (non-hydrogen) atoms. The van der Waals surface area contributed by atoms with Crippen LogP contribution in [0.15, 0.2) is 24.5 Å². The van der Waals surface area contributed by atoms with Crippen molar-refractivity contribution in [2.24, 2.45) is 11.7 Å². The van der Waals surface area contributed by atoms with Crippen LogP contribution in [0.2, 0.25) is 0 Å². The van der Waals surface area contributed by atoms with Crippen molar-refractivity contribution in [2.45, 2.75) is 31.7 Å². The molecule has 0 aliphatic heterocycles. The zero-order chi connectivity index (χ0) is 13.0. The number of nitrogens with zero attached hydrogens (tertiary/aromatic N) is 2. The first-order valence-corrected chi connectivity index (χ1v) is 6.56. The molecule has 0 aromatic carbocycles. The van der Waals surface area contributed by atoms with Crippen molar-refractivity contribution < 1.29 is 4.79 Å². The number of hydrogen-bond donors (Lipinski definition) is 1. The summed E-state index contributed by atoms with van der Waals surface area (Å²) in [5, 5.41) is 0. The van der Waals surface area contributed by atoms with Gasteiger partial charge in [0.05, 0.1) is 0 Å². The minimum absolute atomic E-state index is 0. The Labute approximate surface area is 132 Å². The van der Waals surface area contributed by atoms with E-state index in [0.717, 1.165) is 32.2 Å². The molecule has 6 heteroatoms. The number of aromatic nitrogens is 1. The lowest BCUT2D eigenvalue weighted by atomic mass is 10.1. The predicted molar refractivity (Wildman–Crippen MR) is 85.4 cm³/mol. The highest BCUT2D eigenvalue weighted by Gasteiger charge is 2.29. The van der Waals surface area contributed by atoms with E-state index >= 15 is 0 Å². The number of likely N-dealkylation sites (N-methyl/N-ethyl adjacent to an activating group) is 1. The molecule has 114 valence electrons. The van der Waals surface area contributed by atoms with Gasteiger partial charge >= 0.3 is 0 Å². The number of carbonyl (C=O) groups is 1. The van der Waals surface area contributed by atoms with E-state index in [1.54, 1.807) is 12.4 Å². The standard InChI is InChI=1S/C14H21N3O.2ClH/c1-17(9-6-11-4-7-16-8-5-11)14(18)12-2-3-13(15)10-12;;/h4-5,7-8,12-13H,2-3,6,9-10,15H2,1H3;2*1H. The summed E-state index contributed by atoms with van der Waals surface area (Å²) in [7, 11) is 1.88. The molecule has 0 radical (unpaired) electrons. The quantitative estimate of drug-likeness (QED) is 0.924. The summed E-state index contributed by atoms with van der Waals surface area (Å²) in [6.07, 6.45) is 7.22. The van der Waals surface area contributed by atoms with E-state index in [9.17, 15) is 4.79 Å². The van der Waals surface area contributed by atoms with Crippen molar-refractivity contribution in [3.05, 3.63) is 30.1 Å². The maximum Gasteiger partial charge on any atom is 0.225 e. The second-order valence-corrected chi connectivity index (χ2v) is 5.14. The molecular formula is C14H23Cl2N3O. The molecule has 1 aromatic rings. The van der Waals surface area contributed by atoms with E-state index in [4.69, 9.17) is 5.73 Å². The Morgan fingerprint density at radius 3 is 2.55 bits per heavy atom. The molecule has 1 aliphatic rings. The van der Waals surface area contributed by atoms with E-state index in [1.165, 1.54) is 5.56 Å². The summed E-state index contributed by atoms with van der Waals surface area (Å²) in [5.74, 6) is 0.388. The average Bonchev–Trinajstić information content (AvgIpc) is 2.83. The van der Waals surface area contributed by atoms with E-state index in [0.29, 0.717) is 0 Å². The lowest BCUT2D eigenvalue weighted by Gasteiger charge is -2.21. The van der Waals surface area contributed by atoms with Gasteiger partial charge in [-0.15, -0.1) is 24.8 Å². The van der Waals surface area contributed by atoms with Gasteiger partial charge in [0.1, 0.15) is 0 Å². The largest absolute Gasteiger partial charge is 0.345 e. The van der Waals surface area contributed by atoms with Crippen LogP contribution in [0.5, 0.6) is 0 Å². The summed E-state index contributed by atoms with van der Waals surface area (Å²) in [6, 6.07) is 4.20. The number of carbonyl (C=O) groups excluding carboxylic acids is 1. The second-order valence-electron chi connectivity index (χ2n) is 5.14. The van der Waals surface area contributed by atoms with E-state index < -0.39 is 0 Å². The SMILES string of the molecule is CN(CCc1ccncc1)C(=O)C1CCC(N)C1.Cl.Cl. The molecule has 1 amide bonds. The van der Waals surface area contributed by atoms with E-state index in [1.807, 2.05) is 24.1 Å². The molecule has 1 saturated carbocycles. The number of rotatable bonds is 4. The fourth-order valence-electron chi connectivity index (χ4n) is 2.51. The molecule has 0 bridgehead atoms. The molecule has 2 unspecified atom stereocenters. The van der Waals surface area contributed by atoms with Crippen LogP contribution in [-0.2, 0) is 11.2 Å². The second kappa shape index (κ2) is 9.16. The fraction of sp³-hybridized carbons (Fsp3) is 0.571. The first-order valence-electron chi connectivity index (χ1n) is 6.56. The van der Waals surface area contributed by atoms with Crippen LogP contribution in [0.3, 0.4) is 0 Å². The first kappa shape index (κ1) is 19.2. The highest BCUT2D eigenvalue weighted by Crippen LogP contribution is 2.25. The van der Waals surface area contributed by atoms with Gasteiger partial charge < -0.3 is 10.6 Å². The Kier molecular flexibility index (Phi) is 8.78. The third kappa shape index (κ3) is 5.27. The van der Waals surface area contributed by atoms with E-state index in [-0.39, 0.29) is 42.7 Å². The van der Waals surface area contributed by atoms with Crippen molar-refractivity contribution in [1.29, 1.82) is 0 Å². The number of hydrogen-bond acceptors (Lipinski definition) is 3. The van der Waals surface area contributed by atoms with Crippen molar-refractivity contribution in [3.63, 3.8) is 0 Å². The molecule has 1 fully saturated rings. The molecule has 2 rings (SSSR count). The van der Waals surface area contributed by atoms with Gasteiger partial charge in [0, 0.05) is 37.9 Å². The topological polar surface area (TPSA) is 59.2 Å². The van der Waals surface area contributed by atoms with E-state index in [2.05, 4.69) is 4.98 Å². The minimum atomic E-state index is 0. The summed E-state index contributed by atoms with van der Waals surface area (Å²) in [4.78, 5) is 18.0. The Hall–Kier alpha value is -0.840. The van der Waals surface area contributed by atoms with Gasteiger partial charge in [-0.05, 0) is 43.4 Å². The zero-order valence-electron chi connectivity index (χ0n) is 11.7. The molecule has 1 aromatic heterocycles. The van der Waals surface area contributed by atoms with Crippen LogP contribution in [-0.4, -0.2) is 35.4 Å². The fourth-order valence-corrected chi connectivity index (χ4v) is 2.51. The normalized spacial score (nSPS) is 20.7. The number of halogens is 2. The number of amides is 1. The van der Waals surface area contributed by atoms with Gasteiger partial charge in [0.2, 0.25) is 5.91 Å². The number of pyridine rings is 1. The summed E-state index contributed by atoms with van der Waals surface area (Å²) in [6.45, 7) is 0.759. The molecule has 0 saturated heterocycles. The number of nitrogens with two attached hydrogens (primary N) is 1. The molecular weight excluding hydrogens is 297 g/mol. The maximum atomic E-state index is 12.2.